The van der Waals surface area contributed by atoms with E-state index >= 15 is 0 Å². The summed E-state index contributed by atoms with van der Waals surface area (Å²) in [4.78, 5) is 37.9. The second-order valence-corrected chi connectivity index (χ2v) is 16.3. The highest BCUT2D eigenvalue weighted by atomic mass is 16.6. The van der Waals surface area contributed by atoms with Crippen LogP contribution in [0.4, 0.5) is 0 Å². The van der Waals surface area contributed by atoms with Crippen LogP contribution in [-0.4, -0.2) is 37.2 Å². The van der Waals surface area contributed by atoms with Gasteiger partial charge in [-0.3, -0.25) is 14.4 Å². The van der Waals surface area contributed by atoms with E-state index in [2.05, 4.69) is 130 Å². The van der Waals surface area contributed by atoms with E-state index < -0.39 is 6.10 Å². The summed E-state index contributed by atoms with van der Waals surface area (Å²) in [6.07, 6.45) is 70.5. The number of carbonyl (C=O) groups excluding carboxylic acids is 3. The van der Waals surface area contributed by atoms with Crippen LogP contribution in [0.25, 0.3) is 0 Å². The molecule has 0 aromatic heterocycles. The van der Waals surface area contributed by atoms with Crippen molar-refractivity contribution in [2.45, 2.75) is 213 Å². The van der Waals surface area contributed by atoms with Gasteiger partial charge in [0.15, 0.2) is 6.10 Å². The summed E-state index contributed by atoms with van der Waals surface area (Å²) < 4.78 is 16.7. The molecule has 1 unspecified atom stereocenters. The van der Waals surface area contributed by atoms with Gasteiger partial charge in [0.05, 0.1) is 0 Å². The van der Waals surface area contributed by atoms with Crippen LogP contribution < -0.4 is 0 Å². The number of allylic oxidation sites excluding steroid dienone is 20. The SMILES string of the molecule is CC/C=C\C/C=C\C/C=C\C/C=C\C/C=C\C/C=C\CCC(=O)OCC(COC(=O)CCCCCCCCCCCC)OC(=O)CCCCCC/C=C\C/C=C\C/C=C\C/C=C\CC. The Morgan fingerprint density at radius 2 is 0.641 bits per heavy atom. The van der Waals surface area contributed by atoms with Gasteiger partial charge in [0.2, 0.25) is 0 Å². The van der Waals surface area contributed by atoms with Crippen molar-refractivity contribution >= 4 is 17.9 Å². The fourth-order valence-electron chi connectivity index (χ4n) is 6.46. The van der Waals surface area contributed by atoms with Gasteiger partial charge in [-0.15, -0.1) is 0 Å². The number of ether oxygens (including phenoxy) is 3. The van der Waals surface area contributed by atoms with Crippen molar-refractivity contribution in [1.29, 1.82) is 0 Å². The van der Waals surface area contributed by atoms with Crippen molar-refractivity contribution in [3.05, 3.63) is 122 Å². The third kappa shape index (κ3) is 48.8. The smallest absolute Gasteiger partial charge is 0.306 e. The standard InChI is InChI=1S/C58H92O6/c1-4-7-10-13-16-19-22-24-26-28-29-31-32-34-36-39-42-45-48-51-57(60)63-54-55(53-62-56(59)50-47-44-41-38-21-18-15-12-9-6-3)64-58(61)52-49-46-43-40-37-35-33-30-27-25-23-20-17-14-11-8-5-2/h7-8,10-11,16-17,19-20,24-27,29,31,33-36,42,45,55H,4-6,9,12-15,18,21-23,28,30,32,37-41,43-44,46-54H2,1-3H3/b10-7-,11-8-,19-16-,20-17-,26-24-,27-25-,31-29-,35-33-,36-34-,45-42-. The highest BCUT2D eigenvalue weighted by Gasteiger charge is 2.19. The summed E-state index contributed by atoms with van der Waals surface area (Å²) >= 11 is 0. The molecular formula is C58H92O6. The third-order valence-corrected chi connectivity index (χ3v) is 10.2. The Kier molecular flexibility index (Phi) is 48.1. The number of rotatable bonds is 44. The third-order valence-electron chi connectivity index (χ3n) is 10.2. The average molecular weight is 885 g/mol. The van der Waals surface area contributed by atoms with Gasteiger partial charge in [-0.1, -0.05) is 213 Å². The molecule has 64 heavy (non-hydrogen) atoms. The maximum atomic E-state index is 12.8. The summed E-state index contributed by atoms with van der Waals surface area (Å²) in [6, 6.07) is 0. The fourth-order valence-corrected chi connectivity index (χ4v) is 6.46. The predicted molar refractivity (Wildman–Crippen MR) is 274 cm³/mol. The summed E-state index contributed by atoms with van der Waals surface area (Å²) in [5, 5.41) is 0. The molecule has 0 heterocycles. The van der Waals surface area contributed by atoms with E-state index in [4.69, 9.17) is 14.2 Å². The molecule has 0 aromatic rings. The molecule has 0 fully saturated rings. The first-order chi connectivity index (χ1) is 31.5. The monoisotopic (exact) mass is 885 g/mol. The van der Waals surface area contributed by atoms with E-state index in [1.807, 2.05) is 12.2 Å². The number of carbonyl (C=O) groups is 3. The summed E-state index contributed by atoms with van der Waals surface area (Å²) in [6.45, 7) is 6.29. The lowest BCUT2D eigenvalue weighted by atomic mass is 10.1. The second kappa shape index (κ2) is 51.4. The molecule has 0 rings (SSSR count). The number of hydrogen-bond donors (Lipinski definition) is 0. The van der Waals surface area contributed by atoms with Gasteiger partial charge in [-0.25, -0.2) is 0 Å². The van der Waals surface area contributed by atoms with Crippen LogP contribution in [0.2, 0.25) is 0 Å². The molecule has 6 nitrogen and oxygen atoms in total. The van der Waals surface area contributed by atoms with Crippen LogP contribution in [0.15, 0.2) is 122 Å². The van der Waals surface area contributed by atoms with Crippen LogP contribution >= 0.6 is 0 Å². The largest absolute Gasteiger partial charge is 0.462 e. The van der Waals surface area contributed by atoms with Gasteiger partial charge in [0.25, 0.3) is 0 Å². The van der Waals surface area contributed by atoms with Gasteiger partial charge in [0, 0.05) is 19.3 Å². The number of hydrogen-bond acceptors (Lipinski definition) is 6. The highest BCUT2D eigenvalue weighted by molar-refractivity contribution is 5.71. The van der Waals surface area contributed by atoms with Crippen LogP contribution in [0.5, 0.6) is 0 Å². The molecular weight excluding hydrogens is 793 g/mol. The molecule has 1 atom stereocenters. The second-order valence-electron chi connectivity index (χ2n) is 16.3. The van der Waals surface area contributed by atoms with Crippen molar-refractivity contribution in [3.63, 3.8) is 0 Å². The Morgan fingerprint density at radius 1 is 0.328 bits per heavy atom. The molecule has 0 spiro atoms. The van der Waals surface area contributed by atoms with Crippen molar-refractivity contribution in [3.8, 4) is 0 Å². The summed E-state index contributed by atoms with van der Waals surface area (Å²) in [7, 11) is 0. The van der Waals surface area contributed by atoms with E-state index in [1.54, 1.807) is 0 Å². The fraction of sp³-hybridized carbons (Fsp3) is 0.603. The Morgan fingerprint density at radius 3 is 1.05 bits per heavy atom. The molecule has 0 aliphatic rings. The zero-order chi connectivity index (χ0) is 46.5. The van der Waals surface area contributed by atoms with Gasteiger partial charge < -0.3 is 14.2 Å². The maximum Gasteiger partial charge on any atom is 0.306 e. The zero-order valence-electron chi connectivity index (χ0n) is 41.0. The van der Waals surface area contributed by atoms with Gasteiger partial charge in [-0.05, 0) is 96.3 Å². The molecule has 0 aliphatic carbocycles. The Labute approximate surface area is 392 Å². The van der Waals surface area contributed by atoms with Crippen LogP contribution in [0, 0.1) is 0 Å². The lowest BCUT2D eigenvalue weighted by Crippen LogP contribution is -2.30. The lowest BCUT2D eigenvalue weighted by Gasteiger charge is -2.18. The quantitative estimate of drug-likeness (QED) is 0.0262. The van der Waals surface area contributed by atoms with Gasteiger partial charge in [-0.2, -0.15) is 0 Å². The molecule has 0 N–H and O–H groups in total. The minimum atomic E-state index is -0.822. The van der Waals surface area contributed by atoms with E-state index in [0.29, 0.717) is 12.8 Å². The molecule has 0 radical (unpaired) electrons. The molecule has 360 valence electrons. The Bertz CT molecular complexity index is 1390. The summed E-state index contributed by atoms with van der Waals surface area (Å²) in [5.41, 5.74) is 0. The first kappa shape index (κ1) is 59.8. The molecule has 0 amide bonds. The normalized spacial score (nSPS) is 13.1. The van der Waals surface area contributed by atoms with Gasteiger partial charge in [0.1, 0.15) is 13.2 Å². The van der Waals surface area contributed by atoms with Crippen LogP contribution in [-0.2, 0) is 28.6 Å². The first-order valence-electron chi connectivity index (χ1n) is 25.5. The lowest BCUT2D eigenvalue weighted by molar-refractivity contribution is -0.166. The predicted octanol–water partition coefficient (Wildman–Crippen LogP) is 16.9. The minimum Gasteiger partial charge on any atom is -0.462 e. The highest BCUT2D eigenvalue weighted by Crippen LogP contribution is 2.13. The van der Waals surface area contributed by atoms with Crippen molar-refractivity contribution in [1.82, 2.24) is 0 Å². The van der Waals surface area contributed by atoms with E-state index in [-0.39, 0.29) is 44.0 Å². The Hall–Kier alpha value is -4.19. The topological polar surface area (TPSA) is 78.9 Å². The number of unbranched alkanes of at least 4 members (excludes halogenated alkanes) is 13. The van der Waals surface area contributed by atoms with Crippen LogP contribution in [0.3, 0.4) is 0 Å². The van der Waals surface area contributed by atoms with Crippen molar-refractivity contribution in [2.75, 3.05) is 13.2 Å². The Balaban J connectivity index is 4.54. The zero-order valence-corrected chi connectivity index (χ0v) is 41.0. The molecule has 0 saturated carbocycles. The first-order valence-corrected chi connectivity index (χ1v) is 25.5. The molecule has 0 aliphatic heterocycles. The summed E-state index contributed by atoms with van der Waals surface area (Å²) in [5.74, 6) is -1.04. The van der Waals surface area contributed by atoms with E-state index in [9.17, 15) is 14.4 Å². The van der Waals surface area contributed by atoms with E-state index in [0.717, 1.165) is 116 Å². The van der Waals surface area contributed by atoms with Gasteiger partial charge >= 0.3 is 17.9 Å². The van der Waals surface area contributed by atoms with Crippen molar-refractivity contribution in [2.24, 2.45) is 0 Å². The van der Waals surface area contributed by atoms with E-state index in [1.165, 1.54) is 44.9 Å². The van der Waals surface area contributed by atoms with Crippen LogP contribution in [0.1, 0.15) is 207 Å². The number of esters is 3. The van der Waals surface area contributed by atoms with Crippen molar-refractivity contribution < 1.29 is 28.6 Å². The molecule has 0 saturated heterocycles. The average Bonchev–Trinajstić information content (AvgIpc) is 3.29. The molecule has 0 bridgehead atoms. The maximum absolute atomic E-state index is 12.8. The minimum absolute atomic E-state index is 0.113. The molecule has 6 heteroatoms. The molecule has 0 aromatic carbocycles.